The molecule has 0 heterocycles. The van der Waals surface area contributed by atoms with Crippen molar-refractivity contribution < 1.29 is 14.3 Å². The van der Waals surface area contributed by atoms with E-state index in [0.717, 1.165) is 0 Å². The van der Waals surface area contributed by atoms with Crippen molar-refractivity contribution >= 4 is 23.3 Å². The van der Waals surface area contributed by atoms with Crippen molar-refractivity contribution in [2.75, 3.05) is 30.8 Å². The van der Waals surface area contributed by atoms with E-state index < -0.39 is 11.9 Å². The summed E-state index contributed by atoms with van der Waals surface area (Å²) in [6.07, 6.45) is 0. The maximum Gasteiger partial charge on any atom is 0.340 e. The highest BCUT2D eigenvalue weighted by molar-refractivity contribution is 5.99. The Morgan fingerprint density at radius 1 is 1.39 bits per heavy atom. The molecule has 1 amide bonds. The number of carbonyl (C=O) groups is 2. The van der Waals surface area contributed by atoms with Gasteiger partial charge in [-0.15, -0.1) is 0 Å². The molecule has 0 fully saturated rings. The second-order valence-electron chi connectivity index (χ2n) is 3.72. The van der Waals surface area contributed by atoms with Gasteiger partial charge in [-0.05, 0) is 19.1 Å². The Hall–Kier alpha value is -2.24. The van der Waals surface area contributed by atoms with Crippen LogP contribution in [-0.4, -0.2) is 32.1 Å². The fourth-order valence-corrected chi connectivity index (χ4v) is 1.73. The van der Waals surface area contributed by atoms with Crippen LogP contribution in [0.25, 0.3) is 0 Å². The largest absolute Gasteiger partial charge is 0.465 e. The number of amides is 1. The van der Waals surface area contributed by atoms with Crippen LogP contribution in [-0.2, 0) is 9.53 Å². The Kier molecular flexibility index (Phi) is 4.53. The van der Waals surface area contributed by atoms with E-state index in [-0.39, 0.29) is 6.54 Å². The van der Waals surface area contributed by atoms with E-state index in [4.69, 9.17) is 16.2 Å². The number of nitrogen functional groups attached to an aromatic ring is 1. The fourth-order valence-electron chi connectivity index (χ4n) is 1.73. The average molecular weight is 251 g/mol. The van der Waals surface area contributed by atoms with Crippen LogP contribution in [0, 0.1) is 0 Å². The van der Waals surface area contributed by atoms with Gasteiger partial charge in [0, 0.05) is 6.54 Å². The van der Waals surface area contributed by atoms with Crippen LogP contribution in [0.2, 0.25) is 0 Å². The van der Waals surface area contributed by atoms with Gasteiger partial charge in [0.15, 0.2) is 0 Å². The van der Waals surface area contributed by atoms with Gasteiger partial charge in [-0.1, -0.05) is 6.07 Å². The van der Waals surface area contributed by atoms with Gasteiger partial charge in [0.25, 0.3) is 0 Å². The molecule has 1 aromatic rings. The summed E-state index contributed by atoms with van der Waals surface area (Å²) in [6, 6.07) is 4.91. The first kappa shape index (κ1) is 13.8. The Morgan fingerprint density at radius 3 is 2.56 bits per heavy atom. The summed E-state index contributed by atoms with van der Waals surface area (Å²) in [4.78, 5) is 24.3. The molecule has 0 atom stereocenters. The number of ether oxygens (including phenoxy) is 1. The summed E-state index contributed by atoms with van der Waals surface area (Å²) in [5, 5.41) is 0. The molecular formula is C12H17N3O3. The third-order valence-electron chi connectivity index (χ3n) is 2.52. The molecule has 0 aromatic heterocycles. The minimum absolute atomic E-state index is 0.00525. The zero-order chi connectivity index (χ0) is 13.7. The van der Waals surface area contributed by atoms with E-state index in [9.17, 15) is 9.59 Å². The van der Waals surface area contributed by atoms with Gasteiger partial charge in [-0.3, -0.25) is 4.79 Å². The highest BCUT2D eigenvalue weighted by atomic mass is 16.5. The summed E-state index contributed by atoms with van der Waals surface area (Å²) < 4.78 is 4.69. The minimum Gasteiger partial charge on any atom is -0.465 e. The van der Waals surface area contributed by atoms with Gasteiger partial charge in [0.1, 0.15) is 0 Å². The molecule has 0 radical (unpaired) electrons. The second kappa shape index (κ2) is 5.90. The van der Waals surface area contributed by atoms with Crippen molar-refractivity contribution in [1.82, 2.24) is 0 Å². The number of nitrogens with two attached hydrogens (primary N) is 2. The molecule has 0 aliphatic carbocycles. The normalized spacial score (nSPS) is 9.89. The number of carbonyl (C=O) groups excluding carboxylic acids is 2. The van der Waals surface area contributed by atoms with Gasteiger partial charge >= 0.3 is 5.97 Å². The molecule has 0 spiro atoms. The maximum atomic E-state index is 11.7. The highest BCUT2D eigenvalue weighted by Crippen LogP contribution is 2.28. The molecular weight excluding hydrogens is 234 g/mol. The molecule has 0 saturated heterocycles. The highest BCUT2D eigenvalue weighted by Gasteiger charge is 2.19. The third kappa shape index (κ3) is 2.91. The summed E-state index contributed by atoms with van der Waals surface area (Å²) in [6.45, 7) is 2.34. The summed E-state index contributed by atoms with van der Waals surface area (Å²) in [5.74, 6) is -0.990. The van der Waals surface area contributed by atoms with Crippen LogP contribution >= 0.6 is 0 Å². The molecule has 6 nitrogen and oxygen atoms in total. The van der Waals surface area contributed by atoms with Gasteiger partial charge in [0.2, 0.25) is 5.91 Å². The first-order chi connectivity index (χ1) is 8.51. The van der Waals surface area contributed by atoms with Gasteiger partial charge in [-0.2, -0.15) is 0 Å². The smallest absolute Gasteiger partial charge is 0.340 e. The minimum atomic E-state index is -0.500. The molecule has 0 bridgehead atoms. The van der Waals surface area contributed by atoms with Crippen molar-refractivity contribution in [3.8, 4) is 0 Å². The van der Waals surface area contributed by atoms with E-state index in [1.165, 1.54) is 7.11 Å². The molecule has 0 aliphatic heterocycles. The van der Waals surface area contributed by atoms with Gasteiger partial charge < -0.3 is 21.1 Å². The first-order valence-electron chi connectivity index (χ1n) is 5.51. The molecule has 18 heavy (non-hydrogen) atoms. The van der Waals surface area contributed by atoms with Crippen LogP contribution < -0.4 is 16.4 Å². The number of methoxy groups -OCH3 is 1. The number of esters is 1. The molecule has 1 rings (SSSR count). The number of nitrogens with zero attached hydrogens (tertiary/aromatic N) is 1. The van der Waals surface area contributed by atoms with E-state index >= 15 is 0 Å². The lowest BCUT2D eigenvalue weighted by Gasteiger charge is -2.25. The topological polar surface area (TPSA) is 98.6 Å². The van der Waals surface area contributed by atoms with Gasteiger partial charge in [0.05, 0.1) is 30.6 Å². The van der Waals surface area contributed by atoms with Crippen LogP contribution in [0.1, 0.15) is 17.3 Å². The standard InChI is InChI=1S/C12H17N3O3/c1-3-15(7-10(14)16)11-8(12(17)18-2)5-4-6-9(11)13/h4-6H,3,7,13H2,1-2H3,(H2,14,16). The van der Waals surface area contributed by atoms with E-state index in [1.807, 2.05) is 6.92 Å². The maximum absolute atomic E-state index is 11.7. The van der Waals surface area contributed by atoms with Crippen LogP contribution in [0.5, 0.6) is 0 Å². The average Bonchev–Trinajstić information content (AvgIpc) is 2.34. The third-order valence-corrected chi connectivity index (χ3v) is 2.52. The Bertz CT molecular complexity index is 460. The van der Waals surface area contributed by atoms with Crippen molar-refractivity contribution in [3.05, 3.63) is 23.8 Å². The molecule has 4 N–H and O–H groups in total. The number of para-hydroxylation sites is 1. The Morgan fingerprint density at radius 2 is 2.06 bits per heavy atom. The van der Waals surface area contributed by atoms with Crippen molar-refractivity contribution in [3.63, 3.8) is 0 Å². The van der Waals surface area contributed by atoms with Crippen LogP contribution in [0.15, 0.2) is 18.2 Å². The Labute approximate surface area is 105 Å². The quantitative estimate of drug-likeness (QED) is 0.581. The SMILES string of the molecule is CCN(CC(N)=O)c1c(N)cccc1C(=O)OC. The molecule has 98 valence electrons. The number of rotatable bonds is 5. The molecule has 1 aromatic carbocycles. The lowest BCUT2D eigenvalue weighted by molar-refractivity contribution is -0.116. The van der Waals surface area contributed by atoms with E-state index in [1.54, 1.807) is 23.1 Å². The monoisotopic (exact) mass is 251 g/mol. The fraction of sp³-hybridized carbons (Fsp3) is 0.333. The molecule has 0 unspecified atom stereocenters. The lowest BCUT2D eigenvalue weighted by atomic mass is 10.1. The second-order valence-corrected chi connectivity index (χ2v) is 3.72. The number of likely N-dealkylation sites (N-methyl/N-ethyl adjacent to an activating group) is 1. The van der Waals surface area contributed by atoms with Crippen molar-refractivity contribution in [1.29, 1.82) is 0 Å². The molecule has 0 aliphatic rings. The van der Waals surface area contributed by atoms with Crippen LogP contribution in [0.4, 0.5) is 11.4 Å². The van der Waals surface area contributed by atoms with E-state index in [0.29, 0.717) is 23.5 Å². The summed E-state index contributed by atoms with van der Waals surface area (Å²) >= 11 is 0. The molecule has 6 heteroatoms. The zero-order valence-electron chi connectivity index (χ0n) is 10.5. The first-order valence-corrected chi connectivity index (χ1v) is 5.51. The number of primary amides is 1. The van der Waals surface area contributed by atoms with Crippen molar-refractivity contribution in [2.45, 2.75) is 6.92 Å². The predicted molar refractivity (Wildman–Crippen MR) is 69.3 cm³/mol. The Balaban J connectivity index is 3.26. The number of benzene rings is 1. The van der Waals surface area contributed by atoms with Crippen molar-refractivity contribution in [2.24, 2.45) is 5.73 Å². The zero-order valence-corrected chi connectivity index (χ0v) is 10.5. The van der Waals surface area contributed by atoms with Crippen LogP contribution in [0.3, 0.4) is 0 Å². The van der Waals surface area contributed by atoms with E-state index in [2.05, 4.69) is 0 Å². The summed E-state index contributed by atoms with van der Waals surface area (Å²) in [5.41, 5.74) is 12.2. The lowest BCUT2D eigenvalue weighted by Crippen LogP contribution is -2.35. The number of anilines is 2. The number of hydrogen-bond acceptors (Lipinski definition) is 5. The summed E-state index contributed by atoms with van der Waals surface area (Å²) in [7, 11) is 1.29. The predicted octanol–water partition coefficient (Wildman–Crippen LogP) is 0.367. The number of hydrogen-bond donors (Lipinski definition) is 2. The molecule has 0 saturated carbocycles. The van der Waals surface area contributed by atoms with Gasteiger partial charge in [-0.25, -0.2) is 4.79 Å².